The molecule has 0 fully saturated rings. The van der Waals surface area contributed by atoms with Gasteiger partial charge < -0.3 is 15.6 Å². The van der Waals surface area contributed by atoms with Gasteiger partial charge in [-0.25, -0.2) is 23.9 Å². The second kappa shape index (κ2) is 9.04. The monoisotopic (exact) mass is 418 g/mol. The molecule has 2 aromatic carbocycles. The Labute approximate surface area is 176 Å². The van der Waals surface area contributed by atoms with Crippen LogP contribution in [0.4, 0.5) is 14.9 Å². The van der Waals surface area contributed by atoms with Gasteiger partial charge in [0, 0.05) is 18.1 Å². The summed E-state index contributed by atoms with van der Waals surface area (Å²) < 4.78 is 14.5. The Morgan fingerprint density at radius 1 is 1.10 bits per heavy atom. The molecule has 8 nitrogen and oxygen atoms in total. The minimum Gasteiger partial charge on any atom is -0.341 e. The van der Waals surface area contributed by atoms with E-state index in [2.05, 4.69) is 25.6 Å². The maximum absolute atomic E-state index is 13.0. The van der Waals surface area contributed by atoms with Crippen LogP contribution in [0, 0.1) is 5.82 Å². The van der Waals surface area contributed by atoms with Gasteiger partial charge in [0.1, 0.15) is 11.6 Å². The molecule has 0 atom stereocenters. The highest BCUT2D eigenvalue weighted by molar-refractivity contribution is 5.89. The number of urea groups is 1. The molecule has 0 bridgehead atoms. The van der Waals surface area contributed by atoms with Crippen molar-refractivity contribution in [1.29, 1.82) is 0 Å². The summed E-state index contributed by atoms with van der Waals surface area (Å²) in [5.41, 5.74) is 2.64. The first-order chi connectivity index (χ1) is 15.1. The van der Waals surface area contributed by atoms with E-state index >= 15 is 0 Å². The first-order valence-corrected chi connectivity index (χ1v) is 9.52. The lowest BCUT2D eigenvalue weighted by molar-refractivity contribution is 0.251. The third-order valence-corrected chi connectivity index (χ3v) is 4.52. The summed E-state index contributed by atoms with van der Waals surface area (Å²) in [6.07, 6.45) is 4.74. The molecule has 2 heterocycles. The highest BCUT2D eigenvalue weighted by Crippen LogP contribution is 2.17. The zero-order valence-electron chi connectivity index (χ0n) is 16.4. The fraction of sp³-hybridized carbons (Fsp3) is 0.0909. The number of nitrogens with zero attached hydrogens (tertiary/aromatic N) is 3. The molecule has 2 amide bonds. The average Bonchev–Trinajstić information content (AvgIpc) is 3.24. The Morgan fingerprint density at radius 3 is 2.74 bits per heavy atom. The van der Waals surface area contributed by atoms with E-state index in [-0.39, 0.29) is 18.1 Å². The number of carbonyl (C=O) groups is 1. The normalized spacial score (nSPS) is 10.6. The Kier molecular flexibility index (Phi) is 5.84. The smallest absolute Gasteiger partial charge is 0.341 e. The van der Waals surface area contributed by atoms with Gasteiger partial charge in [-0.3, -0.25) is 4.57 Å². The number of H-pyrrole nitrogens is 1. The lowest BCUT2D eigenvalue weighted by Crippen LogP contribution is -2.28. The van der Waals surface area contributed by atoms with Crippen molar-refractivity contribution >= 4 is 11.7 Å². The maximum atomic E-state index is 13.0. The van der Waals surface area contributed by atoms with Crippen LogP contribution in [0.5, 0.6) is 0 Å². The summed E-state index contributed by atoms with van der Waals surface area (Å²) in [5.74, 6) is 0.262. The predicted octanol–water partition coefficient (Wildman–Crippen LogP) is 3.14. The fourth-order valence-corrected chi connectivity index (χ4v) is 3.02. The number of hydrogen-bond donors (Lipinski definition) is 3. The third-order valence-electron chi connectivity index (χ3n) is 4.52. The summed E-state index contributed by atoms with van der Waals surface area (Å²) in [6, 6.07) is 14.6. The summed E-state index contributed by atoms with van der Waals surface area (Å²) in [5, 5.41) is 5.49. The number of nitrogens with one attached hydrogen (secondary N) is 3. The molecular formula is C22H19FN6O2. The number of imidazole rings is 1. The Bertz CT molecular complexity index is 1250. The van der Waals surface area contributed by atoms with Gasteiger partial charge in [0.05, 0.1) is 25.0 Å². The van der Waals surface area contributed by atoms with Crippen LogP contribution in [0.15, 0.2) is 78.0 Å². The highest BCUT2D eigenvalue weighted by Gasteiger charge is 2.07. The maximum Gasteiger partial charge on any atom is 0.347 e. The number of carbonyl (C=O) groups excluding carboxylic acids is 1. The number of aromatic nitrogens is 4. The molecule has 2 aromatic heterocycles. The molecule has 31 heavy (non-hydrogen) atoms. The molecule has 4 rings (SSSR count). The van der Waals surface area contributed by atoms with Crippen molar-refractivity contribution in [1.82, 2.24) is 24.8 Å². The van der Waals surface area contributed by atoms with Gasteiger partial charge in [-0.1, -0.05) is 12.1 Å². The van der Waals surface area contributed by atoms with Gasteiger partial charge in [0.25, 0.3) is 0 Å². The second-order valence-corrected chi connectivity index (χ2v) is 6.79. The molecular weight excluding hydrogens is 399 g/mol. The topological polar surface area (TPSA) is 105 Å². The molecule has 156 valence electrons. The van der Waals surface area contributed by atoms with Gasteiger partial charge in [-0.2, -0.15) is 0 Å². The van der Waals surface area contributed by atoms with Gasteiger partial charge >= 0.3 is 11.7 Å². The predicted molar refractivity (Wildman–Crippen MR) is 114 cm³/mol. The molecule has 9 heteroatoms. The Morgan fingerprint density at radius 2 is 1.94 bits per heavy atom. The number of benzene rings is 2. The van der Waals surface area contributed by atoms with Gasteiger partial charge in [0.2, 0.25) is 0 Å². The quantitative estimate of drug-likeness (QED) is 0.447. The van der Waals surface area contributed by atoms with Crippen molar-refractivity contribution in [3.63, 3.8) is 0 Å². The van der Waals surface area contributed by atoms with Crippen LogP contribution in [0.1, 0.15) is 11.4 Å². The molecule has 0 saturated heterocycles. The lowest BCUT2D eigenvalue weighted by atomic mass is 10.2. The summed E-state index contributed by atoms with van der Waals surface area (Å²) in [6.45, 7) is 0.542. The molecule has 4 aromatic rings. The number of amides is 2. The molecule has 3 N–H and O–H groups in total. The van der Waals surface area contributed by atoms with Gasteiger partial charge in [-0.05, 0) is 53.6 Å². The van der Waals surface area contributed by atoms with E-state index in [0.29, 0.717) is 18.1 Å². The minimum atomic E-state index is -0.393. The molecule has 0 aliphatic rings. The van der Waals surface area contributed by atoms with Crippen molar-refractivity contribution in [2.24, 2.45) is 0 Å². The van der Waals surface area contributed by atoms with Crippen molar-refractivity contribution in [3.05, 3.63) is 101 Å². The Balaban J connectivity index is 1.34. The zero-order valence-corrected chi connectivity index (χ0v) is 16.4. The highest BCUT2D eigenvalue weighted by atomic mass is 19.1. The summed E-state index contributed by atoms with van der Waals surface area (Å²) in [4.78, 5) is 35.1. The third kappa shape index (κ3) is 5.21. The number of rotatable bonds is 6. The largest absolute Gasteiger partial charge is 0.347 e. The number of halogens is 1. The van der Waals surface area contributed by atoms with Crippen LogP contribution in [0.25, 0.3) is 11.3 Å². The number of aromatic amines is 1. The van der Waals surface area contributed by atoms with Crippen LogP contribution < -0.4 is 16.3 Å². The van der Waals surface area contributed by atoms with Crippen molar-refractivity contribution < 1.29 is 9.18 Å². The van der Waals surface area contributed by atoms with Gasteiger partial charge in [0.15, 0.2) is 0 Å². The van der Waals surface area contributed by atoms with Crippen LogP contribution in [-0.2, 0) is 13.1 Å². The number of anilines is 1. The van der Waals surface area contributed by atoms with Crippen LogP contribution >= 0.6 is 0 Å². The van der Waals surface area contributed by atoms with E-state index in [0.717, 1.165) is 16.8 Å². The second-order valence-electron chi connectivity index (χ2n) is 6.79. The van der Waals surface area contributed by atoms with Crippen LogP contribution in [0.2, 0.25) is 0 Å². The van der Waals surface area contributed by atoms with Crippen molar-refractivity contribution in [2.45, 2.75) is 13.1 Å². The van der Waals surface area contributed by atoms with Crippen molar-refractivity contribution in [2.75, 3.05) is 5.32 Å². The van der Waals surface area contributed by atoms with Gasteiger partial charge in [-0.15, -0.1) is 0 Å². The zero-order chi connectivity index (χ0) is 21.6. The molecule has 0 aliphatic heterocycles. The number of hydrogen-bond acceptors (Lipinski definition) is 4. The summed E-state index contributed by atoms with van der Waals surface area (Å²) in [7, 11) is 0. The molecule has 0 saturated carbocycles. The van der Waals surface area contributed by atoms with E-state index in [4.69, 9.17) is 0 Å². The molecule has 0 aliphatic carbocycles. The average molecular weight is 418 g/mol. The van der Waals surface area contributed by atoms with E-state index in [1.165, 1.54) is 22.9 Å². The molecule has 0 radical (unpaired) electrons. The van der Waals surface area contributed by atoms with Crippen LogP contribution in [0.3, 0.4) is 0 Å². The lowest BCUT2D eigenvalue weighted by Gasteiger charge is -2.09. The molecule has 0 unspecified atom stereocenters. The van der Waals surface area contributed by atoms with Crippen LogP contribution in [-0.4, -0.2) is 25.6 Å². The first-order valence-electron chi connectivity index (χ1n) is 9.52. The van der Waals surface area contributed by atoms with E-state index in [9.17, 15) is 14.0 Å². The minimum absolute atomic E-state index is 0.192. The summed E-state index contributed by atoms with van der Waals surface area (Å²) >= 11 is 0. The fourth-order valence-electron chi connectivity index (χ4n) is 3.02. The van der Waals surface area contributed by atoms with E-state index in [1.54, 1.807) is 48.8 Å². The Hall–Kier alpha value is -4.27. The standard InChI is InChI=1S/C22H19FN6O2/c23-17-7-5-16(6-8-17)19-12-25-20(28-19)13-26-21(30)27-18-4-1-3-15(11-18)14-29-10-2-9-24-22(29)31/h1-12H,13-14H2,(H,25,28)(H2,26,27,30). The molecule has 0 spiro atoms. The SMILES string of the molecule is O=C(NCc1ncc(-c2ccc(F)cc2)[nH]1)Nc1cccc(Cn2cccnc2=O)c1. The van der Waals surface area contributed by atoms with Crippen molar-refractivity contribution in [3.8, 4) is 11.3 Å². The first kappa shape index (κ1) is 20.0. The van der Waals surface area contributed by atoms with E-state index in [1.807, 2.05) is 6.07 Å². The van der Waals surface area contributed by atoms with E-state index < -0.39 is 6.03 Å².